The number of carbonyl (C=O) groups excluding carboxylic acids is 2. The second kappa shape index (κ2) is 12.9. The lowest BCUT2D eigenvalue weighted by Crippen LogP contribution is -2.38. The molecule has 0 aromatic heterocycles. The Morgan fingerprint density at radius 3 is 2.36 bits per heavy atom. The minimum absolute atomic E-state index is 0. The molecule has 0 saturated heterocycles. The van der Waals surface area contributed by atoms with Crippen LogP contribution >= 0.6 is 24.8 Å². The van der Waals surface area contributed by atoms with Crippen molar-refractivity contribution in [2.75, 3.05) is 27.2 Å². The molecule has 4 N–H and O–H groups in total. The van der Waals surface area contributed by atoms with Gasteiger partial charge in [0.25, 0.3) is 5.91 Å². The van der Waals surface area contributed by atoms with Crippen molar-refractivity contribution in [2.45, 2.75) is 26.4 Å². The summed E-state index contributed by atoms with van der Waals surface area (Å²) in [6.45, 7) is 5.38. The average Bonchev–Trinajstić information content (AvgIpc) is 2.51. The molecule has 144 valence electrons. The van der Waals surface area contributed by atoms with Crippen molar-refractivity contribution in [3.63, 3.8) is 0 Å². The quantitative estimate of drug-likeness (QED) is 0.624. The summed E-state index contributed by atoms with van der Waals surface area (Å²) in [7, 11) is 3.91. The summed E-state index contributed by atoms with van der Waals surface area (Å²) >= 11 is 0. The summed E-state index contributed by atoms with van der Waals surface area (Å²) in [5.41, 5.74) is 7.20. The van der Waals surface area contributed by atoms with Crippen LogP contribution in [0.25, 0.3) is 0 Å². The summed E-state index contributed by atoms with van der Waals surface area (Å²) in [4.78, 5) is 26.0. The normalized spacial score (nSPS) is 12.4. The average molecular weight is 393 g/mol. The fourth-order valence-corrected chi connectivity index (χ4v) is 1.91. The van der Waals surface area contributed by atoms with Gasteiger partial charge in [-0.2, -0.15) is 0 Å². The molecule has 1 rings (SSSR count). The van der Waals surface area contributed by atoms with Gasteiger partial charge in [-0.3, -0.25) is 9.59 Å². The van der Waals surface area contributed by atoms with E-state index in [2.05, 4.69) is 10.6 Å². The van der Waals surface area contributed by atoms with Gasteiger partial charge in [0.1, 0.15) is 0 Å². The molecular formula is C17H30Cl2N4O2. The third-order valence-electron chi connectivity index (χ3n) is 3.70. The predicted octanol–water partition coefficient (Wildman–Crippen LogP) is 1.42. The highest BCUT2D eigenvalue weighted by Crippen LogP contribution is 2.06. The highest BCUT2D eigenvalue weighted by Gasteiger charge is 2.16. The molecule has 0 radical (unpaired) electrons. The lowest BCUT2D eigenvalue weighted by Gasteiger charge is -2.15. The molecule has 8 heteroatoms. The zero-order valence-corrected chi connectivity index (χ0v) is 16.9. The first-order chi connectivity index (χ1) is 10.8. The number of hydrogen-bond donors (Lipinski definition) is 3. The van der Waals surface area contributed by atoms with E-state index < -0.39 is 0 Å². The van der Waals surface area contributed by atoms with Gasteiger partial charge in [-0.25, -0.2) is 0 Å². The van der Waals surface area contributed by atoms with Crippen molar-refractivity contribution in [3.05, 3.63) is 35.4 Å². The summed E-state index contributed by atoms with van der Waals surface area (Å²) in [6, 6.07) is 7.07. The van der Waals surface area contributed by atoms with Crippen LogP contribution in [0.5, 0.6) is 0 Å². The van der Waals surface area contributed by atoms with E-state index in [-0.39, 0.29) is 48.6 Å². The van der Waals surface area contributed by atoms with Crippen LogP contribution in [-0.4, -0.2) is 49.9 Å². The van der Waals surface area contributed by atoms with Gasteiger partial charge in [0.15, 0.2) is 0 Å². The molecule has 6 nitrogen and oxygen atoms in total. The summed E-state index contributed by atoms with van der Waals surface area (Å²) in [5, 5.41) is 5.72. The SMILES string of the molecule is CC(N)C(C)C(=O)NCc1cccc(C(=O)NCCN(C)C)c1.Cl.Cl. The molecule has 0 aliphatic rings. The molecule has 0 saturated carbocycles. The molecule has 0 spiro atoms. The van der Waals surface area contributed by atoms with Gasteiger partial charge in [-0.05, 0) is 38.7 Å². The Hall–Kier alpha value is -1.34. The third-order valence-corrected chi connectivity index (χ3v) is 3.70. The van der Waals surface area contributed by atoms with E-state index in [0.29, 0.717) is 18.7 Å². The number of carbonyl (C=O) groups is 2. The highest BCUT2D eigenvalue weighted by atomic mass is 35.5. The molecule has 2 amide bonds. The van der Waals surface area contributed by atoms with Gasteiger partial charge in [0.2, 0.25) is 5.91 Å². The van der Waals surface area contributed by atoms with Crippen LogP contribution < -0.4 is 16.4 Å². The van der Waals surface area contributed by atoms with Crippen LogP contribution in [0.2, 0.25) is 0 Å². The van der Waals surface area contributed by atoms with Crippen molar-refractivity contribution < 1.29 is 9.59 Å². The number of halogens is 2. The Labute approximate surface area is 162 Å². The molecule has 2 unspecified atom stereocenters. The van der Waals surface area contributed by atoms with E-state index in [1.54, 1.807) is 19.1 Å². The Morgan fingerprint density at radius 1 is 1.16 bits per heavy atom. The minimum atomic E-state index is -0.243. The van der Waals surface area contributed by atoms with Crippen LogP contribution in [-0.2, 0) is 11.3 Å². The Kier molecular flexibility index (Phi) is 13.4. The number of nitrogens with zero attached hydrogens (tertiary/aromatic N) is 1. The lowest BCUT2D eigenvalue weighted by molar-refractivity contribution is -0.125. The number of amides is 2. The largest absolute Gasteiger partial charge is 0.352 e. The zero-order valence-electron chi connectivity index (χ0n) is 15.2. The first-order valence-corrected chi connectivity index (χ1v) is 7.86. The maximum atomic E-state index is 12.1. The second-order valence-corrected chi connectivity index (χ2v) is 6.13. The maximum absolute atomic E-state index is 12.1. The molecule has 0 heterocycles. The number of benzene rings is 1. The molecule has 0 bridgehead atoms. The molecule has 0 fully saturated rings. The van der Waals surface area contributed by atoms with E-state index >= 15 is 0 Å². The maximum Gasteiger partial charge on any atom is 0.251 e. The van der Waals surface area contributed by atoms with Gasteiger partial charge < -0.3 is 21.3 Å². The van der Waals surface area contributed by atoms with Crippen molar-refractivity contribution >= 4 is 36.6 Å². The fraction of sp³-hybridized carbons (Fsp3) is 0.529. The molecule has 0 aliphatic carbocycles. The molecule has 25 heavy (non-hydrogen) atoms. The predicted molar refractivity (Wildman–Crippen MR) is 106 cm³/mol. The monoisotopic (exact) mass is 392 g/mol. The van der Waals surface area contributed by atoms with Crippen LogP contribution in [0.4, 0.5) is 0 Å². The smallest absolute Gasteiger partial charge is 0.251 e. The molecule has 0 aliphatic heterocycles. The number of hydrogen-bond acceptors (Lipinski definition) is 4. The van der Waals surface area contributed by atoms with Crippen LogP contribution in [0.15, 0.2) is 24.3 Å². The topological polar surface area (TPSA) is 87.5 Å². The van der Waals surface area contributed by atoms with Crippen LogP contribution in [0.3, 0.4) is 0 Å². The standard InChI is InChI=1S/C17H28N4O2.2ClH/c1-12(13(2)18)16(22)20-11-14-6-5-7-15(10-14)17(23)19-8-9-21(3)4;;/h5-7,10,12-13H,8-9,11,18H2,1-4H3,(H,19,23)(H,20,22);2*1H. The first kappa shape index (κ1) is 25.9. The van der Waals surface area contributed by atoms with Gasteiger partial charge in [0.05, 0.1) is 0 Å². The molecule has 1 aromatic carbocycles. The Morgan fingerprint density at radius 2 is 1.80 bits per heavy atom. The van der Waals surface area contributed by atoms with E-state index in [0.717, 1.165) is 12.1 Å². The minimum Gasteiger partial charge on any atom is -0.352 e. The van der Waals surface area contributed by atoms with Crippen molar-refractivity contribution in [2.24, 2.45) is 11.7 Å². The zero-order chi connectivity index (χ0) is 17.4. The summed E-state index contributed by atoms with van der Waals surface area (Å²) in [6.07, 6.45) is 0. The lowest BCUT2D eigenvalue weighted by atomic mass is 10.0. The third kappa shape index (κ3) is 9.65. The molecule has 2 atom stereocenters. The van der Waals surface area contributed by atoms with E-state index in [9.17, 15) is 9.59 Å². The summed E-state index contributed by atoms with van der Waals surface area (Å²) < 4.78 is 0. The van der Waals surface area contributed by atoms with E-state index in [1.165, 1.54) is 0 Å². The number of rotatable bonds is 8. The first-order valence-electron chi connectivity index (χ1n) is 7.86. The number of nitrogens with one attached hydrogen (secondary N) is 2. The van der Waals surface area contributed by atoms with Gasteiger partial charge in [-0.1, -0.05) is 19.1 Å². The van der Waals surface area contributed by atoms with Crippen molar-refractivity contribution in [3.8, 4) is 0 Å². The Balaban J connectivity index is 0. The van der Waals surface area contributed by atoms with Crippen LogP contribution in [0.1, 0.15) is 29.8 Å². The number of likely N-dealkylation sites (N-methyl/N-ethyl adjacent to an activating group) is 1. The molecule has 1 aromatic rings. The van der Waals surface area contributed by atoms with Crippen LogP contribution in [0, 0.1) is 5.92 Å². The van der Waals surface area contributed by atoms with Crippen molar-refractivity contribution in [1.82, 2.24) is 15.5 Å². The highest BCUT2D eigenvalue weighted by molar-refractivity contribution is 5.94. The van der Waals surface area contributed by atoms with Gasteiger partial charge >= 0.3 is 0 Å². The Bertz CT molecular complexity index is 539. The van der Waals surface area contributed by atoms with Gasteiger partial charge in [-0.15, -0.1) is 24.8 Å². The van der Waals surface area contributed by atoms with E-state index in [1.807, 2.05) is 38.1 Å². The van der Waals surface area contributed by atoms with Gasteiger partial charge in [0, 0.05) is 37.2 Å². The summed E-state index contributed by atoms with van der Waals surface area (Å²) in [5.74, 6) is -0.433. The van der Waals surface area contributed by atoms with Crippen molar-refractivity contribution in [1.29, 1.82) is 0 Å². The second-order valence-electron chi connectivity index (χ2n) is 6.13. The number of nitrogens with two attached hydrogens (primary N) is 1. The van der Waals surface area contributed by atoms with E-state index in [4.69, 9.17) is 5.73 Å². The molecular weight excluding hydrogens is 363 g/mol. The fourth-order valence-electron chi connectivity index (χ4n) is 1.91.